The third-order valence-electron chi connectivity index (χ3n) is 6.25. The zero-order valence-corrected chi connectivity index (χ0v) is 18.5. The number of aliphatic hydroxyl groups is 1. The molecule has 1 amide bonds. The van der Waals surface area contributed by atoms with E-state index < -0.39 is 11.7 Å². The average molecular weight is 441 g/mol. The van der Waals surface area contributed by atoms with Crippen LogP contribution < -0.4 is 15.1 Å². The van der Waals surface area contributed by atoms with Gasteiger partial charge in [0.2, 0.25) is 0 Å². The van der Waals surface area contributed by atoms with E-state index in [2.05, 4.69) is 25.2 Å². The van der Waals surface area contributed by atoms with Gasteiger partial charge >= 0.3 is 0 Å². The van der Waals surface area contributed by atoms with Crippen molar-refractivity contribution in [1.82, 2.24) is 20.3 Å². The van der Waals surface area contributed by atoms with Gasteiger partial charge in [-0.15, -0.1) is 0 Å². The van der Waals surface area contributed by atoms with Crippen LogP contribution in [-0.4, -0.2) is 64.8 Å². The number of carbonyl (C=O) groups is 1. The van der Waals surface area contributed by atoms with E-state index in [-0.39, 0.29) is 30.2 Å². The molecular weight excluding hydrogens is 411 g/mol. The number of nitrogens with zero attached hydrogens (tertiary/aromatic N) is 4. The van der Waals surface area contributed by atoms with E-state index in [0.717, 1.165) is 29.8 Å². The third-order valence-corrected chi connectivity index (χ3v) is 6.25. The van der Waals surface area contributed by atoms with Gasteiger partial charge in [0.1, 0.15) is 23.6 Å². The number of nitrogens with one attached hydrogen (secondary N) is 2. The number of aromatic nitrogens is 3. The van der Waals surface area contributed by atoms with Crippen molar-refractivity contribution >= 4 is 28.4 Å². The summed E-state index contributed by atoms with van der Waals surface area (Å²) < 4.78 is 15.0. The maximum absolute atomic E-state index is 15.0. The Morgan fingerprint density at radius 3 is 2.91 bits per heavy atom. The Labute approximate surface area is 186 Å². The first kappa shape index (κ1) is 22.0. The number of likely N-dealkylation sites (N-methyl/N-ethyl adjacent to an activating group) is 1. The SMILES string of the molecule is CC(C)C(CO)NC(=O)c1ccc(N(C)C2CCN(c3ncnc4[nH]ccc34)C2)c(F)c1. The monoisotopic (exact) mass is 440 g/mol. The van der Waals surface area contributed by atoms with Crippen molar-refractivity contribution < 1.29 is 14.3 Å². The summed E-state index contributed by atoms with van der Waals surface area (Å²) in [5, 5.41) is 13.2. The van der Waals surface area contributed by atoms with Crippen LogP contribution in [0.5, 0.6) is 0 Å². The van der Waals surface area contributed by atoms with E-state index in [9.17, 15) is 14.3 Å². The second-order valence-electron chi connectivity index (χ2n) is 8.61. The molecule has 1 aliphatic heterocycles. The quantitative estimate of drug-likeness (QED) is 0.523. The van der Waals surface area contributed by atoms with Gasteiger partial charge in [0.25, 0.3) is 5.91 Å². The van der Waals surface area contributed by atoms with Crippen LogP contribution in [0, 0.1) is 11.7 Å². The molecule has 4 rings (SSSR count). The molecule has 0 spiro atoms. The van der Waals surface area contributed by atoms with E-state index in [4.69, 9.17) is 0 Å². The molecule has 0 aliphatic carbocycles. The lowest BCUT2D eigenvalue weighted by Crippen LogP contribution is -2.41. The summed E-state index contributed by atoms with van der Waals surface area (Å²) in [6.07, 6.45) is 4.26. The summed E-state index contributed by atoms with van der Waals surface area (Å²) in [6, 6.07) is 6.23. The van der Waals surface area contributed by atoms with Crippen LogP contribution >= 0.6 is 0 Å². The Morgan fingerprint density at radius 2 is 2.19 bits per heavy atom. The minimum atomic E-state index is -0.446. The van der Waals surface area contributed by atoms with Crippen LogP contribution in [0.25, 0.3) is 11.0 Å². The molecular formula is C23H29FN6O2. The van der Waals surface area contributed by atoms with Gasteiger partial charge in [0.15, 0.2) is 0 Å². The fourth-order valence-electron chi connectivity index (χ4n) is 4.17. The number of fused-ring (bicyclic) bond motifs is 1. The largest absolute Gasteiger partial charge is 0.394 e. The molecule has 1 saturated heterocycles. The van der Waals surface area contributed by atoms with E-state index >= 15 is 0 Å². The molecule has 170 valence electrons. The smallest absolute Gasteiger partial charge is 0.251 e. The first-order valence-corrected chi connectivity index (χ1v) is 10.9. The number of aliphatic hydroxyl groups excluding tert-OH is 1. The molecule has 0 bridgehead atoms. The van der Waals surface area contributed by atoms with Crippen molar-refractivity contribution in [2.45, 2.75) is 32.4 Å². The van der Waals surface area contributed by atoms with Gasteiger partial charge in [0, 0.05) is 37.9 Å². The molecule has 1 aromatic carbocycles. The van der Waals surface area contributed by atoms with Gasteiger partial charge in [-0.05, 0) is 36.6 Å². The Morgan fingerprint density at radius 1 is 1.38 bits per heavy atom. The number of anilines is 2. The lowest BCUT2D eigenvalue weighted by atomic mass is 10.0. The number of aromatic amines is 1. The molecule has 0 radical (unpaired) electrons. The minimum Gasteiger partial charge on any atom is -0.394 e. The predicted octanol–water partition coefficient (Wildman–Crippen LogP) is 2.56. The number of hydrogen-bond acceptors (Lipinski definition) is 6. The van der Waals surface area contributed by atoms with Crippen molar-refractivity contribution in [3.63, 3.8) is 0 Å². The van der Waals surface area contributed by atoms with Crippen LogP contribution in [0.3, 0.4) is 0 Å². The number of carbonyl (C=O) groups excluding carboxylic acids is 1. The number of hydrogen-bond donors (Lipinski definition) is 3. The first-order valence-electron chi connectivity index (χ1n) is 10.9. The van der Waals surface area contributed by atoms with Crippen LogP contribution in [0.15, 0.2) is 36.8 Å². The Kier molecular flexibility index (Phi) is 6.27. The predicted molar refractivity (Wildman–Crippen MR) is 122 cm³/mol. The molecule has 2 aromatic heterocycles. The lowest BCUT2D eigenvalue weighted by Gasteiger charge is -2.28. The maximum Gasteiger partial charge on any atom is 0.251 e. The summed E-state index contributed by atoms with van der Waals surface area (Å²) in [4.78, 5) is 28.4. The van der Waals surface area contributed by atoms with Crippen LogP contribution in [0.2, 0.25) is 0 Å². The summed E-state index contributed by atoms with van der Waals surface area (Å²) in [6.45, 7) is 5.18. The minimum absolute atomic E-state index is 0.0758. The fourth-order valence-corrected chi connectivity index (χ4v) is 4.17. The number of halogens is 1. The standard InChI is InChI=1S/C23H29FN6O2/c1-14(2)19(12-31)28-23(32)15-4-5-20(18(24)10-15)29(3)16-7-9-30(11-16)22-17-6-8-25-21(17)26-13-27-22/h4-6,8,10,13-14,16,19,31H,7,9,11-12H2,1-3H3,(H,28,32)(H,25,26,27). The van der Waals surface area contributed by atoms with Crippen LogP contribution in [0.4, 0.5) is 15.9 Å². The van der Waals surface area contributed by atoms with Crippen molar-refractivity contribution in [3.8, 4) is 0 Å². The van der Waals surface area contributed by atoms with Gasteiger partial charge in [-0.2, -0.15) is 0 Å². The maximum atomic E-state index is 15.0. The van der Waals surface area contributed by atoms with E-state index in [0.29, 0.717) is 12.2 Å². The molecule has 1 fully saturated rings. The van der Waals surface area contributed by atoms with Gasteiger partial charge < -0.3 is 25.2 Å². The van der Waals surface area contributed by atoms with E-state index in [1.54, 1.807) is 18.5 Å². The van der Waals surface area contributed by atoms with Crippen molar-refractivity contribution in [2.24, 2.45) is 5.92 Å². The van der Waals surface area contributed by atoms with Gasteiger partial charge in [-0.3, -0.25) is 4.79 Å². The topological polar surface area (TPSA) is 97.4 Å². The second-order valence-corrected chi connectivity index (χ2v) is 8.61. The Balaban J connectivity index is 1.46. The molecule has 3 N–H and O–H groups in total. The summed E-state index contributed by atoms with van der Waals surface area (Å²) in [7, 11) is 1.87. The fraction of sp³-hybridized carbons (Fsp3) is 0.435. The first-order chi connectivity index (χ1) is 15.4. The molecule has 3 heterocycles. The number of benzene rings is 1. The molecule has 3 aromatic rings. The number of amides is 1. The second kappa shape index (κ2) is 9.12. The van der Waals surface area contributed by atoms with E-state index in [1.165, 1.54) is 6.07 Å². The zero-order valence-electron chi connectivity index (χ0n) is 18.5. The Bertz CT molecular complexity index is 1100. The lowest BCUT2D eigenvalue weighted by molar-refractivity contribution is 0.0896. The molecule has 32 heavy (non-hydrogen) atoms. The van der Waals surface area contributed by atoms with Crippen molar-refractivity contribution in [3.05, 3.63) is 48.2 Å². The zero-order chi connectivity index (χ0) is 22.8. The molecule has 1 aliphatic rings. The summed E-state index contributed by atoms with van der Waals surface area (Å²) in [5.74, 6) is 0.117. The highest BCUT2D eigenvalue weighted by Crippen LogP contribution is 2.29. The normalized spacial score (nSPS) is 17.2. The molecule has 9 heteroatoms. The van der Waals surface area contributed by atoms with Gasteiger partial charge in [-0.25, -0.2) is 14.4 Å². The molecule has 2 atom stereocenters. The highest BCUT2D eigenvalue weighted by atomic mass is 19.1. The number of H-pyrrole nitrogens is 1. The highest BCUT2D eigenvalue weighted by Gasteiger charge is 2.29. The van der Waals surface area contributed by atoms with Crippen LogP contribution in [0.1, 0.15) is 30.6 Å². The average Bonchev–Trinajstić information content (AvgIpc) is 3.46. The van der Waals surface area contributed by atoms with E-state index in [1.807, 2.05) is 38.1 Å². The molecule has 8 nitrogen and oxygen atoms in total. The third kappa shape index (κ3) is 4.25. The van der Waals surface area contributed by atoms with Gasteiger partial charge in [-0.1, -0.05) is 13.8 Å². The van der Waals surface area contributed by atoms with Crippen molar-refractivity contribution in [2.75, 3.05) is 36.5 Å². The molecule has 2 unspecified atom stereocenters. The Hall–Kier alpha value is -3.20. The molecule has 0 saturated carbocycles. The van der Waals surface area contributed by atoms with Crippen LogP contribution in [-0.2, 0) is 0 Å². The summed E-state index contributed by atoms with van der Waals surface area (Å²) in [5.41, 5.74) is 1.49. The van der Waals surface area contributed by atoms with Gasteiger partial charge in [0.05, 0.1) is 23.7 Å². The number of rotatable bonds is 7. The summed E-state index contributed by atoms with van der Waals surface area (Å²) >= 11 is 0. The van der Waals surface area contributed by atoms with Crippen molar-refractivity contribution in [1.29, 1.82) is 0 Å². The highest BCUT2D eigenvalue weighted by molar-refractivity contribution is 5.94.